The lowest BCUT2D eigenvalue weighted by atomic mass is 10.2. The SMILES string of the molecule is CC(C)Oc1ccc(-c2nc(COCC3CCCO3)n(-c3ccc(OC(F)F)cc3)n2)cc1. The molecule has 4 rings (SSSR count). The molecule has 0 spiro atoms. The van der Waals surface area contributed by atoms with Gasteiger partial charge in [-0.25, -0.2) is 9.67 Å². The first-order valence-corrected chi connectivity index (χ1v) is 11.0. The van der Waals surface area contributed by atoms with Crippen molar-refractivity contribution >= 4 is 0 Å². The van der Waals surface area contributed by atoms with Crippen molar-refractivity contribution in [2.24, 2.45) is 0 Å². The van der Waals surface area contributed by atoms with Gasteiger partial charge in [-0.3, -0.25) is 0 Å². The minimum Gasteiger partial charge on any atom is -0.491 e. The van der Waals surface area contributed by atoms with Crippen LogP contribution in [0, 0.1) is 0 Å². The van der Waals surface area contributed by atoms with Crippen LogP contribution in [0.1, 0.15) is 32.5 Å². The van der Waals surface area contributed by atoms with Gasteiger partial charge in [0, 0.05) is 12.2 Å². The van der Waals surface area contributed by atoms with Crippen LogP contribution in [-0.4, -0.2) is 46.8 Å². The topological polar surface area (TPSA) is 67.6 Å². The lowest BCUT2D eigenvalue weighted by Gasteiger charge is -2.11. The van der Waals surface area contributed by atoms with E-state index in [0.717, 1.165) is 30.8 Å². The van der Waals surface area contributed by atoms with Gasteiger partial charge in [0.1, 0.15) is 18.1 Å². The third kappa shape index (κ3) is 6.27. The first-order chi connectivity index (χ1) is 16.0. The second-order valence-electron chi connectivity index (χ2n) is 7.98. The molecule has 176 valence electrons. The van der Waals surface area contributed by atoms with Crippen molar-refractivity contribution < 1.29 is 27.7 Å². The van der Waals surface area contributed by atoms with Crippen molar-refractivity contribution in [3.8, 4) is 28.6 Å². The van der Waals surface area contributed by atoms with Crippen molar-refractivity contribution in [3.63, 3.8) is 0 Å². The van der Waals surface area contributed by atoms with Gasteiger partial charge in [-0.05, 0) is 75.2 Å². The molecular formula is C24H27F2N3O4. The fourth-order valence-electron chi connectivity index (χ4n) is 3.55. The van der Waals surface area contributed by atoms with E-state index in [4.69, 9.17) is 14.2 Å². The van der Waals surface area contributed by atoms with Crippen molar-refractivity contribution in [3.05, 3.63) is 54.4 Å². The number of nitrogens with zero attached hydrogens (tertiary/aromatic N) is 3. The summed E-state index contributed by atoms with van der Waals surface area (Å²) in [4.78, 5) is 4.68. The minimum absolute atomic E-state index is 0.0750. The van der Waals surface area contributed by atoms with E-state index in [1.807, 2.05) is 38.1 Å². The van der Waals surface area contributed by atoms with Gasteiger partial charge < -0.3 is 18.9 Å². The van der Waals surface area contributed by atoms with E-state index in [-0.39, 0.29) is 24.6 Å². The van der Waals surface area contributed by atoms with E-state index >= 15 is 0 Å². The Morgan fingerprint density at radius 3 is 2.36 bits per heavy atom. The number of hydrogen-bond acceptors (Lipinski definition) is 6. The Labute approximate surface area is 191 Å². The molecule has 1 saturated heterocycles. The van der Waals surface area contributed by atoms with Crippen LogP contribution in [0.15, 0.2) is 48.5 Å². The molecule has 1 aliphatic heterocycles. The summed E-state index contributed by atoms with van der Waals surface area (Å²) in [6, 6.07) is 13.8. The van der Waals surface area contributed by atoms with Crippen LogP contribution >= 0.6 is 0 Å². The molecule has 0 N–H and O–H groups in total. The highest BCUT2D eigenvalue weighted by molar-refractivity contribution is 5.56. The summed E-state index contributed by atoms with van der Waals surface area (Å²) in [7, 11) is 0. The third-order valence-electron chi connectivity index (χ3n) is 5.02. The zero-order valence-corrected chi connectivity index (χ0v) is 18.6. The van der Waals surface area contributed by atoms with Crippen LogP contribution in [0.3, 0.4) is 0 Å². The molecule has 33 heavy (non-hydrogen) atoms. The maximum absolute atomic E-state index is 12.5. The number of alkyl halides is 2. The minimum atomic E-state index is -2.88. The summed E-state index contributed by atoms with van der Waals surface area (Å²) in [6.45, 7) is 2.53. The molecule has 7 nitrogen and oxygen atoms in total. The molecule has 0 amide bonds. The van der Waals surface area contributed by atoms with Crippen molar-refractivity contribution in [1.82, 2.24) is 14.8 Å². The molecule has 1 atom stereocenters. The standard InChI is InChI=1S/C24H27F2N3O4/c1-16(2)32-19-9-5-17(6-10-19)23-27-22(15-30-14-21-4-3-13-31-21)29(28-23)18-7-11-20(12-8-18)33-24(25)26/h5-12,16,21,24H,3-4,13-15H2,1-2H3. The van der Waals surface area contributed by atoms with E-state index in [1.54, 1.807) is 16.8 Å². The van der Waals surface area contributed by atoms with E-state index in [0.29, 0.717) is 23.9 Å². The predicted octanol–water partition coefficient (Wildman–Crippen LogP) is 5.02. The monoisotopic (exact) mass is 459 g/mol. The second kappa shape index (κ2) is 10.7. The number of hydrogen-bond donors (Lipinski definition) is 0. The van der Waals surface area contributed by atoms with Crippen LogP contribution in [0.5, 0.6) is 11.5 Å². The molecule has 1 fully saturated rings. The zero-order chi connectivity index (χ0) is 23.2. The lowest BCUT2D eigenvalue weighted by Crippen LogP contribution is -2.15. The van der Waals surface area contributed by atoms with Gasteiger partial charge >= 0.3 is 6.61 Å². The van der Waals surface area contributed by atoms with Gasteiger partial charge in [-0.15, -0.1) is 5.10 Å². The Morgan fingerprint density at radius 2 is 1.73 bits per heavy atom. The predicted molar refractivity (Wildman–Crippen MR) is 118 cm³/mol. The number of halogens is 2. The smallest absolute Gasteiger partial charge is 0.387 e. The van der Waals surface area contributed by atoms with Crippen LogP contribution < -0.4 is 9.47 Å². The number of ether oxygens (including phenoxy) is 4. The average molecular weight is 459 g/mol. The van der Waals surface area contributed by atoms with Crippen LogP contribution in [0.4, 0.5) is 8.78 Å². The van der Waals surface area contributed by atoms with Gasteiger partial charge in [-0.2, -0.15) is 8.78 Å². The second-order valence-corrected chi connectivity index (χ2v) is 7.98. The van der Waals surface area contributed by atoms with E-state index in [9.17, 15) is 8.78 Å². The molecular weight excluding hydrogens is 432 g/mol. The molecule has 0 aliphatic carbocycles. The van der Waals surface area contributed by atoms with Crippen LogP contribution in [0.2, 0.25) is 0 Å². The van der Waals surface area contributed by atoms with E-state index in [2.05, 4.69) is 14.8 Å². The first-order valence-electron chi connectivity index (χ1n) is 11.0. The van der Waals surface area contributed by atoms with Gasteiger partial charge in [0.25, 0.3) is 0 Å². The molecule has 0 bridgehead atoms. The highest BCUT2D eigenvalue weighted by atomic mass is 19.3. The molecule has 2 aromatic carbocycles. The highest BCUT2D eigenvalue weighted by Gasteiger charge is 2.18. The molecule has 2 heterocycles. The van der Waals surface area contributed by atoms with Gasteiger partial charge in [0.15, 0.2) is 11.6 Å². The third-order valence-corrected chi connectivity index (χ3v) is 5.02. The summed E-state index contributed by atoms with van der Waals surface area (Å²) in [5.41, 5.74) is 1.48. The lowest BCUT2D eigenvalue weighted by molar-refractivity contribution is -0.0498. The average Bonchev–Trinajstić information content (AvgIpc) is 3.44. The number of rotatable bonds is 10. The molecule has 0 saturated carbocycles. The zero-order valence-electron chi connectivity index (χ0n) is 18.6. The Bertz CT molecular complexity index is 1020. The van der Waals surface area contributed by atoms with Gasteiger partial charge in [0.05, 0.1) is 24.5 Å². The Hall–Kier alpha value is -3.04. The largest absolute Gasteiger partial charge is 0.491 e. The summed E-state index contributed by atoms with van der Waals surface area (Å²) < 4.78 is 48.2. The summed E-state index contributed by atoms with van der Waals surface area (Å²) in [6.07, 6.45) is 2.20. The van der Waals surface area contributed by atoms with Crippen molar-refractivity contribution in [2.45, 2.75) is 52.1 Å². The fourth-order valence-corrected chi connectivity index (χ4v) is 3.55. The highest BCUT2D eigenvalue weighted by Crippen LogP contribution is 2.24. The Kier molecular flexibility index (Phi) is 7.51. The number of aromatic nitrogens is 3. The van der Waals surface area contributed by atoms with Crippen molar-refractivity contribution in [2.75, 3.05) is 13.2 Å². The molecule has 9 heteroatoms. The van der Waals surface area contributed by atoms with Crippen LogP contribution in [-0.2, 0) is 16.1 Å². The van der Waals surface area contributed by atoms with Gasteiger partial charge in [-0.1, -0.05) is 0 Å². The molecule has 3 aromatic rings. The summed E-state index contributed by atoms with van der Waals surface area (Å²) in [5, 5.41) is 4.65. The van der Waals surface area contributed by atoms with Crippen molar-refractivity contribution in [1.29, 1.82) is 0 Å². The van der Waals surface area contributed by atoms with E-state index in [1.165, 1.54) is 12.1 Å². The normalized spacial score (nSPS) is 16.0. The molecule has 0 radical (unpaired) electrons. The van der Waals surface area contributed by atoms with Gasteiger partial charge in [0.2, 0.25) is 0 Å². The maximum atomic E-state index is 12.5. The Balaban J connectivity index is 1.56. The molecule has 1 unspecified atom stereocenters. The van der Waals surface area contributed by atoms with Crippen LogP contribution in [0.25, 0.3) is 17.1 Å². The quantitative estimate of drug-likeness (QED) is 0.424. The summed E-state index contributed by atoms with van der Waals surface area (Å²) in [5.74, 6) is 1.96. The summed E-state index contributed by atoms with van der Waals surface area (Å²) >= 11 is 0. The maximum Gasteiger partial charge on any atom is 0.387 e. The van der Waals surface area contributed by atoms with E-state index < -0.39 is 6.61 Å². The number of benzene rings is 2. The molecule has 1 aromatic heterocycles. The fraction of sp³-hybridized carbons (Fsp3) is 0.417. The Morgan fingerprint density at radius 1 is 1.03 bits per heavy atom. The first kappa shape index (κ1) is 23.1. The molecule has 1 aliphatic rings.